The van der Waals surface area contributed by atoms with Crippen molar-refractivity contribution >= 4 is 49.1 Å². The number of benzene rings is 2. The van der Waals surface area contributed by atoms with E-state index in [9.17, 15) is 13.2 Å². The van der Waals surface area contributed by atoms with E-state index < -0.39 is 15.9 Å². The van der Waals surface area contributed by atoms with Gasteiger partial charge in [-0.2, -0.15) is 9.30 Å². The Labute approximate surface area is 214 Å². The predicted molar refractivity (Wildman–Crippen MR) is 142 cm³/mol. The number of carbonyl (C=O) groups is 1. The summed E-state index contributed by atoms with van der Waals surface area (Å²) in [5.74, 6) is -0.469. The highest BCUT2D eigenvalue weighted by atomic mass is 35.5. The van der Waals surface area contributed by atoms with Gasteiger partial charge in [0.2, 0.25) is 10.0 Å². The molecule has 1 aromatic heterocycles. The summed E-state index contributed by atoms with van der Waals surface area (Å²) in [5.41, 5.74) is 2.11. The van der Waals surface area contributed by atoms with Crippen LogP contribution in [0.2, 0.25) is 5.02 Å². The number of thiazole rings is 1. The molecule has 7 nitrogen and oxygen atoms in total. The molecule has 0 spiro atoms. The highest BCUT2D eigenvalue weighted by Crippen LogP contribution is 2.27. The van der Waals surface area contributed by atoms with Crippen LogP contribution in [0.25, 0.3) is 10.2 Å². The molecule has 3 aromatic rings. The zero-order valence-electron chi connectivity index (χ0n) is 19.7. The number of amides is 1. The van der Waals surface area contributed by atoms with Gasteiger partial charge in [-0.3, -0.25) is 4.79 Å². The van der Waals surface area contributed by atoms with Crippen molar-refractivity contribution in [2.75, 3.05) is 26.3 Å². The molecular formula is C25H28ClN3O4S2. The Morgan fingerprint density at radius 3 is 2.43 bits per heavy atom. The minimum atomic E-state index is -3.75. The minimum Gasteiger partial charge on any atom is -0.380 e. The molecule has 0 bridgehead atoms. The molecule has 0 N–H and O–H groups in total. The van der Waals surface area contributed by atoms with Crippen LogP contribution < -0.4 is 4.80 Å². The lowest BCUT2D eigenvalue weighted by Gasteiger charge is -2.19. The van der Waals surface area contributed by atoms with Crippen molar-refractivity contribution in [2.45, 2.75) is 25.3 Å². The van der Waals surface area contributed by atoms with Gasteiger partial charge in [0.05, 0.1) is 21.7 Å². The summed E-state index contributed by atoms with van der Waals surface area (Å²) >= 11 is 7.73. The van der Waals surface area contributed by atoms with Crippen molar-refractivity contribution in [3.05, 3.63) is 82.7 Å². The van der Waals surface area contributed by atoms with Crippen LogP contribution in [0.1, 0.15) is 22.8 Å². The Kier molecular flexibility index (Phi) is 9.21. The number of aryl methyl sites for hydroxylation is 1. The van der Waals surface area contributed by atoms with E-state index in [-0.39, 0.29) is 23.5 Å². The van der Waals surface area contributed by atoms with Crippen LogP contribution in [0.4, 0.5) is 0 Å². The first kappa shape index (κ1) is 27.0. The maximum atomic E-state index is 13.0. The first-order valence-corrected chi connectivity index (χ1v) is 13.6. The summed E-state index contributed by atoms with van der Waals surface area (Å²) in [5, 5.41) is 0.636. The van der Waals surface area contributed by atoms with Gasteiger partial charge in [-0.15, -0.1) is 13.2 Å². The fourth-order valence-electron chi connectivity index (χ4n) is 3.54. The van der Waals surface area contributed by atoms with Crippen molar-refractivity contribution in [3.63, 3.8) is 0 Å². The molecule has 0 aliphatic carbocycles. The Morgan fingerprint density at radius 2 is 1.83 bits per heavy atom. The number of nitrogens with zero attached hydrogens (tertiary/aromatic N) is 3. The van der Waals surface area contributed by atoms with Crippen LogP contribution in [-0.2, 0) is 21.3 Å². The summed E-state index contributed by atoms with van der Waals surface area (Å²) in [6.07, 6.45) is 3.02. The third kappa shape index (κ3) is 5.99. The van der Waals surface area contributed by atoms with Crippen LogP contribution in [0.3, 0.4) is 0 Å². The lowest BCUT2D eigenvalue weighted by molar-refractivity contribution is 0.0996. The van der Waals surface area contributed by atoms with Gasteiger partial charge < -0.3 is 9.30 Å². The molecule has 0 radical (unpaired) electrons. The highest BCUT2D eigenvalue weighted by Gasteiger charge is 2.22. The second kappa shape index (κ2) is 11.9. The first-order valence-electron chi connectivity index (χ1n) is 11.0. The van der Waals surface area contributed by atoms with Crippen LogP contribution in [-0.4, -0.2) is 49.5 Å². The number of hydrogen-bond acceptors (Lipinski definition) is 5. The van der Waals surface area contributed by atoms with Gasteiger partial charge in [0.1, 0.15) is 0 Å². The van der Waals surface area contributed by atoms with E-state index in [1.165, 1.54) is 52.1 Å². The van der Waals surface area contributed by atoms with Gasteiger partial charge in [0.15, 0.2) is 4.80 Å². The maximum absolute atomic E-state index is 13.0. The van der Waals surface area contributed by atoms with E-state index in [1.54, 1.807) is 0 Å². The first-order chi connectivity index (χ1) is 16.7. The Balaban J connectivity index is 1.99. The van der Waals surface area contributed by atoms with Gasteiger partial charge >= 0.3 is 0 Å². The zero-order chi connectivity index (χ0) is 25.6. The fraction of sp³-hybridized carbons (Fsp3) is 0.280. The Bertz CT molecular complexity index is 1400. The van der Waals surface area contributed by atoms with Crippen molar-refractivity contribution in [3.8, 4) is 0 Å². The second-order valence-corrected chi connectivity index (χ2v) is 10.9. The monoisotopic (exact) mass is 533 g/mol. The molecule has 1 amide bonds. The third-order valence-electron chi connectivity index (χ3n) is 5.29. The third-order valence-corrected chi connectivity index (χ3v) is 8.59. The number of aromatic nitrogens is 1. The molecule has 0 saturated heterocycles. The molecule has 3 rings (SSSR count). The fourth-order valence-corrected chi connectivity index (χ4v) is 6.19. The van der Waals surface area contributed by atoms with Gasteiger partial charge in [0, 0.05) is 36.8 Å². The van der Waals surface area contributed by atoms with Crippen molar-refractivity contribution < 1.29 is 17.9 Å². The number of rotatable bonds is 11. The largest absolute Gasteiger partial charge is 0.380 e. The summed E-state index contributed by atoms with van der Waals surface area (Å²) in [6.45, 7) is 12.9. The molecule has 0 aliphatic rings. The maximum Gasteiger partial charge on any atom is 0.279 e. The Morgan fingerprint density at radius 1 is 1.17 bits per heavy atom. The molecule has 10 heteroatoms. The second-order valence-electron chi connectivity index (χ2n) is 7.59. The molecule has 0 aliphatic heterocycles. The van der Waals surface area contributed by atoms with Gasteiger partial charge in [-0.05, 0) is 55.8 Å². The van der Waals surface area contributed by atoms with Crippen LogP contribution in [0.15, 0.2) is 71.6 Å². The molecule has 0 fully saturated rings. The van der Waals surface area contributed by atoms with Crippen LogP contribution in [0, 0.1) is 6.92 Å². The van der Waals surface area contributed by atoms with Crippen molar-refractivity contribution in [1.82, 2.24) is 8.87 Å². The normalized spacial score (nSPS) is 12.4. The van der Waals surface area contributed by atoms with E-state index in [2.05, 4.69) is 18.2 Å². The SMILES string of the molecule is C=CCN(CC=C)S(=O)(=O)c1ccc(C(=O)N=c2sc3ccc(Cl)c(C)c3n2CCOCC)cc1. The molecular weight excluding hydrogens is 506 g/mol. The molecule has 1 heterocycles. The molecule has 0 unspecified atom stereocenters. The van der Waals surface area contributed by atoms with E-state index in [1.807, 2.05) is 30.5 Å². The molecule has 35 heavy (non-hydrogen) atoms. The molecule has 186 valence electrons. The van der Waals surface area contributed by atoms with Gasteiger partial charge in [0.25, 0.3) is 5.91 Å². The van der Waals surface area contributed by atoms with Crippen LogP contribution >= 0.6 is 22.9 Å². The molecule has 0 saturated carbocycles. The van der Waals surface area contributed by atoms with E-state index in [0.29, 0.717) is 29.6 Å². The lowest BCUT2D eigenvalue weighted by atomic mass is 10.2. The number of hydrogen-bond donors (Lipinski definition) is 0. The zero-order valence-corrected chi connectivity index (χ0v) is 22.1. The highest BCUT2D eigenvalue weighted by molar-refractivity contribution is 7.89. The average molecular weight is 534 g/mol. The molecule has 2 aromatic carbocycles. The number of ether oxygens (including phenoxy) is 1. The number of sulfonamides is 1. The van der Waals surface area contributed by atoms with Crippen molar-refractivity contribution in [1.29, 1.82) is 0 Å². The predicted octanol–water partition coefficient (Wildman–Crippen LogP) is 4.80. The topological polar surface area (TPSA) is 81.0 Å². The smallest absolute Gasteiger partial charge is 0.279 e. The standard InChI is InChI=1S/C25H28ClN3O4S2/c1-5-14-28(15-6-2)35(31,32)20-10-8-19(9-11-20)24(30)27-25-29(16-17-33-7-3)23-18(4)21(26)12-13-22(23)34-25/h5-6,8-13H,1-2,7,14-17H2,3-4H3. The summed E-state index contributed by atoms with van der Waals surface area (Å²) in [7, 11) is -3.75. The summed E-state index contributed by atoms with van der Waals surface area (Å²) in [4.78, 5) is 18.0. The van der Waals surface area contributed by atoms with E-state index in [4.69, 9.17) is 16.3 Å². The summed E-state index contributed by atoms with van der Waals surface area (Å²) < 4.78 is 35.5. The molecule has 0 atom stereocenters. The van der Waals surface area contributed by atoms with Crippen LogP contribution in [0.5, 0.6) is 0 Å². The number of carbonyl (C=O) groups excluding carboxylic acids is 1. The van der Waals surface area contributed by atoms with Gasteiger partial charge in [-0.25, -0.2) is 8.42 Å². The number of fused-ring (bicyclic) bond motifs is 1. The summed E-state index contributed by atoms with van der Waals surface area (Å²) in [6, 6.07) is 9.51. The van der Waals surface area contributed by atoms with E-state index in [0.717, 1.165) is 15.8 Å². The Hall–Kier alpha value is -2.56. The van der Waals surface area contributed by atoms with Gasteiger partial charge in [-0.1, -0.05) is 35.1 Å². The van der Waals surface area contributed by atoms with Crippen molar-refractivity contribution in [2.24, 2.45) is 4.99 Å². The number of halogens is 1. The van der Waals surface area contributed by atoms with E-state index >= 15 is 0 Å². The lowest BCUT2D eigenvalue weighted by Crippen LogP contribution is -2.31. The quantitative estimate of drug-likeness (QED) is 0.262. The average Bonchev–Trinajstić information content (AvgIpc) is 3.19. The minimum absolute atomic E-state index is 0.0802.